The molecule has 1 unspecified atom stereocenters. The lowest BCUT2D eigenvalue weighted by Crippen LogP contribution is -2.47. The fourth-order valence-corrected chi connectivity index (χ4v) is 3.57. The highest BCUT2D eigenvalue weighted by atomic mass is 16.5. The van der Waals surface area contributed by atoms with Crippen LogP contribution in [0.15, 0.2) is 84.9 Å². The molecule has 4 rings (SSSR count). The molecule has 1 amide bonds. The summed E-state index contributed by atoms with van der Waals surface area (Å²) in [6.07, 6.45) is -0.00238. The smallest absolute Gasteiger partial charge is 0.251 e. The summed E-state index contributed by atoms with van der Waals surface area (Å²) in [6, 6.07) is 27.7. The van der Waals surface area contributed by atoms with E-state index < -0.39 is 0 Å². The Morgan fingerprint density at radius 2 is 1.55 bits per heavy atom. The summed E-state index contributed by atoms with van der Waals surface area (Å²) < 4.78 is 5.85. The average Bonchev–Trinajstić information content (AvgIpc) is 2.83. The van der Waals surface area contributed by atoms with Crippen LogP contribution >= 0.6 is 0 Å². The highest BCUT2D eigenvalue weighted by Gasteiger charge is 2.21. The summed E-state index contributed by atoms with van der Waals surface area (Å²) in [5.74, 6) is 6.16. The van der Waals surface area contributed by atoms with Crippen LogP contribution in [0.4, 0.5) is 0 Å². The Kier molecular flexibility index (Phi) is 7.12. The van der Waals surface area contributed by atoms with E-state index in [-0.39, 0.29) is 12.0 Å². The standard InChI is InChI=1S/C27H26N2O2/c30-27(25-15-13-23(14-16-25)12-11-22-7-3-1-4-8-22)28-19-26-21-29(17-18-31-26)20-24-9-5-2-6-10-24/h1-10,13-16,26H,17-21H2,(H,28,30). The van der Waals surface area contributed by atoms with E-state index in [1.54, 1.807) is 0 Å². The second kappa shape index (κ2) is 10.6. The van der Waals surface area contributed by atoms with Gasteiger partial charge < -0.3 is 10.1 Å². The molecule has 4 heteroatoms. The summed E-state index contributed by atoms with van der Waals surface area (Å²) in [4.78, 5) is 14.9. The number of benzene rings is 3. The minimum Gasteiger partial charge on any atom is -0.374 e. The van der Waals surface area contributed by atoms with Crippen molar-refractivity contribution in [2.24, 2.45) is 0 Å². The molecular weight excluding hydrogens is 384 g/mol. The number of nitrogens with zero attached hydrogens (tertiary/aromatic N) is 1. The molecule has 1 heterocycles. The Morgan fingerprint density at radius 3 is 2.26 bits per heavy atom. The number of ether oxygens (including phenoxy) is 1. The van der Waals surface area contributed by atoms with E-state index in [4.69, 9.17) is 4.74 Å². The van der Waals surface area contributed by atoms with E-state index in [1.165, 1.54) is 5.56 Å². The molecule has 0 aliphatic carbocycles. The fourth-order valence-electron chi connectivity index (χ4n) is 3.57. The van der Waals surface area contributed by atoms with Gasteiger partial charge in [0.1, 0.15) is 0 Å². The van der Waals surface area contributed by atoms with E-state index in [0.29, 0.717) is 18.7 Å². The zero-order valence-electron chi connectivity index (χ0n) is 17.5. The molecule has 1 aliphatic heterocycles. The SMILES string of the molecule is O=C(NCC1CN(Cc2ccccc2)CCO1)c1ccc(C#Cc2ccccc2)cc1. The largest absolute Gasteiger partial charge is 0.374 e. The fraction of sp³-hybridized carbons (Fsp3) is 0.222. The molecule has 31 heavy (non-hydrogen) atoms. The Hall–Kier alpha value is -3.39. The Bertz CT molecular complexity index is 1040. The first kappa shape index (κ1) is 20.9. The van der Waals surface area contributed by atoms with Gasteiger partial charge in [-0.3, -0.25) is 9.69 Å². The van der Waals surface area contributed by atoms with Gasteiger partial charge in [-0.05, 0) is 42.0 Å². The van der Waals surface area contributed by atoms with Gasteiger partial charge in [0.05, 0.1) is 12.7 Å². The first-order valence-electron chi connectivity index (χ1n) is 10.6. The minimum atomic E-state index is -0.0913. The molecule has 1 aliphatic rings. The third-order valence-corrected chi connectivity index (χ3v) is 5.23. The Labute approximate surface area is 183 Å². The summed E-state index contributed by atoms with van der Waals surface area (Å²) in [6.45, 7) is 3.80. The predicted molar refractivity (Wildman–Crippen MR) is 123 cm³/mol. The normalized spacial score (nSPS) is 16.2. The van der Waals surface area contributed by atoms with Gasteiger partial charge in [-0.25, -0.2) is 0 Å². The highest BCUT2D eigenvalue weighted by molar-refractivity contribution is 5.94. The number of nitrogens with one attached hydrogen (secondary N) is 1. The molecular formula is C27H26N2O2. The van der Waals surface area contributed by atoms with Gasteiger partial charge in [-0.2, -0.15) is 0 Å². The minimum absolute atomic E-state index is 0.00238. The number of carbonyl (C=O) groups is 1. The van der Waals surface area contributed by atoms with Crippen molar-refractivity contribution in [3.8, 4) is 11.8 Å². The van der Waals surface area contributed by atoms with Gasteiger partial charge in [-0.1, -0.05) is 60.4 Å². The lowest BCUT2D eigenvalue weighted by molar-refractivity contribution is -0.0292. The van der Waals surface area contributed by atoms with Crippen LogP contribution in [0.1, 0.15) is 27.0 Å². The number of morpholine rings is 1. The zero-order valence-corrected chi connectivity index (χ0v) is 17.5. The molecule has 156 valence electrons. The molecule has 1 N–H and O–H groups in total. The van der Waals surface area contributed by atoms with Crippen molar-refractivity contribution in [3.63, 3.8) is 0 Å². The van der Waals surface area contributed by atoms with Crippen LogP contribution in [0.2, 0.25) is 0 Å². The molecule has 1 atom stereocenters. The van der Waals surface area contributed by atoms with Crippen molar-refractivity contribution in [3.05, 3.63) is 107 Å². The van der Waals surface area contributed by atoms with Crippen LogP contribution < -0.4 is 5.32 Å². The maximum absolute atomic E-state index is 12.5. The second-order valence-electron chi connectivity index (χ2n) is 7.62. The molecule has 1 saturated heterocycles. The maximum Gasteiger partial charge on any atom is 0.251 e. The van der Waals surface area contributed by atoms with Crippen LogP contribution in [-0.4, -0.2) is 43.2 Å². The maximum atomic E-state index is 12.5. The quantitative estimate of drug-likeness (QED) is 0.652. The highest BCUT2D eigenvalue weighted by Crippen LogP contribution is 2.11. The number of carbonyl (C=O) groups excluding carboxylic acids is 1. The first-order valence-corrected chi connectivity index (χ1v) is 10.6. The van der Waals surface area contributed by atoms with Crippen molar-refractivity contribution in [2.75, 3.05) is 26.2 Å². The van der Waals surface area contributed by atoms with Crippen LogP contribution in [-0.2, 0) is 11.3 Å². The van der Waals surface area contributed by atoms with Crippen molar-refractivity contribution in [2.45, 2.75) is 12.6 Å². The Balaban J connectivity index is 1.27. The van der Waals surface area contributed by atoms with E-state index in [0.717, 1.165) is 30.8 Å². The third-order valence-electron chi connectivity index (χ3n) is 5.23. The molecule has 1 fully saturated rings. The summed E-state index contributed by atoms with van der Waals surface area (Å²) >= 11 is 0. The molecule has 0 radical (unpaired) electrons. The first-order chi connectivity index (χ1) is 15.3. The third kappa shape index (κ3) is 6.29. The van der Waals surface area contributed by atoms with Gasteiger partial charge in [0.25, 0.3) is 5.91 Å². The number of rotatable bonds is 5. The summed E-state index contributed by atoms with van der Waals surface area (Å²) in [5.41, 5.74) is 3.77. The number of hydrogen-bond acceptors (Lipinski definition) is 3. The topological polar surface area (TPSA) is 41.6 Å². The lowest BCUT2D eigenvalue weighted by atomic mass is 10.1. The monoisotopic (exact) mass is 410 g/mol. The van der Waals surface area contributed by atoms with E-state index in [1.807, 2.05) is 60.7 Å². The molecule has 4 nitrogen and oxygen atoms in total. The van der Waals surface area contributed by atoms with Crippen molar-refractivity contribution < 1.29 is 9.53 Å². The summed E-state index contributed by atoms with van der Waals surface area (Å²) in [7, 11) is 0. The van der Waals surface area contributed by atoms with Gasteiger partial charge in [-0.15, -0.1) is 0 Å². The lowest BCUT2D eigenvalue weighted by Gasteiger charge is -2.33. The molecule has 0 bridgehead atoms. The Morgan fingerprint density at radius 1 is 0.903 bits per heavy atom. The van der Waals surface area contributed by atoms with Gasteiger partial charge >= 0.3 is 0 Å². The van der Waals surface area contributed by atoms with Crippen LogP contribution in [0.25, 0.3) is 0 Å². The van der Waals surface area contributed by atoms with E-state index >= 15 is 0 Å². The van der Waals surface area contributed by atoms with Gasteiger partial charge in [0, 0.05) is 42.9 Å². The van der Waals surface area contributed by atoms with Crippen molar-refractivity contribution in [1.82, 2.24) is 10.2 Å². The molecule has 0 spiro atoms. The molecule has 0 saturated carbocycles. The van der Waals surface area contributed by atoms with Crippen molar-refractivity contribution in [1.29, 1.82) is 0 Å². The zero-order chi connectivity index (χ0) is 21.3. The summed E-state index contributed by atoms with van der Waals surface area (Å²) in [5, 5.41) is 3.00. The number of amides is 1. The predicted octanol–water partition coefficient (Wildman–Crippen LogP) is 3.72. The molecule has 3 aromatic rings. The van der Waals surface area contributed by atoms with Crippen LogP contribution in [0, 0.1) is 11.8 Å². The van der Waals surface area contributed by atoms with Gasteiger partial charge in [0.15, 0.2) is 0 Å². The van der Waals surface area contributed by atoms with E-state index in [2.05, 4.69) is 46.3 Å². The average molecular weight is 411 g/mol. The molecule has 0 aromatic heterocycles. The van der Waals surface area contributed by atoms with Crippen LogP contribution in [0.5, 0.6) is 0 Å². The van der Waals surface area contributed by atoms with Crippen LogP contribution in [0.3, 0.4) is 0 Å². The van der Waals surface area contributed by atoms with Crippen molar-refractivity contribution >= 4 is 5.91 Å². The molecule has 3 aromatic carbocycles. The second-order valence-corrected chi connectivity index (χ2v) is 7.62. The number of hydrogen-bond donors (Lipinski definition) is 1. The van der Waals surface area contributed by atoms with E-state index in [9.17, 15) is 4.79 Å². The van der Waals surface area contributed by atoms with Gasteiger partial charge in [0.2, 0.25) is 0 Å².